The van der Waals surface area contributed by atoms with Crippen molar-refractivity contribution in [3.63, 3.8) is 0 Å². The molecule has 1 saturated carbocycles. The van der Waals surface area contributed by atoms with E-state index in [1.807, 2.05) is 0 Å². The van der Waals surface area contributed by atoms with Gasteiger partial charge in [0, 0.05) is 24.2 Å². The number of carboxylic acids is 1. The van der Waals surface area contributed by atoms with Gasteiger partial charge in [0.25, 0.3) is 0 Å². The number of pyridine rings is 1. The number of halogens is 1. The summed E-state index contributed by atoms with van der Waals surface area (Å²) in [5.74, 6) is -0.757. The predicted molar refractivity (Wildman–Crippen MR) is 86.9 cm³/mol. The first-order valence-electron chi connectivity index (χ1n) is 7.69. The summed E-state index contributed by atoms with van der Waals surface area (Å²) in [5.41, 5.74) is 0.643. The molecule has 0 saturated heterocycles. The molecule has 1 aliphatic rings. The molecule has 0 bridgehead atoms. The Morgan fingerprint density at radius 3 is 2.75 bits per heavy atom. The fourth-order valence-electron chi connectivity index (χ4n) is 2.82. The molecule has 0 radical (unpaired) electrons. The Morgan fingerprint density at radius 1 is 1.33 bits per heavy atom. The third-order valence-corrected chi connectivity index (χ3v) is 4.26. The second-order valence-corrected chi connectivity index (χ2v) is 5.84. The fraction of sp³-hybridized carbons (Fsp3) is 0.294. The maximum Gasteiger partial charge on any atom is 0.328 e. The summed E-state index contributed by atoms with van der Waals surface area (Å²) in [7, 11) is 0. The summed E-state index contributed by atoms with van der Waals surface area (Å²) in [6, 6.07) is 6.42. The topological polar surface area (TPSA) is 88.0 Å². The smallest absolute Gasteiger partial charge is 0.328 e. The number of anilines is 1. The maximum atomic E-state index is 14.1. The highest BCUT2D eigenvalue weighted by atomic mass is 19.1. The van der Waals surface area contributed by atoms with Crippen LogP contribution in [0.2, 0.25) is 0 Å². The van der Waals surface area contributed by atoms with Gasteiger partial charge in [-0.1, -0.05) is 6.42 Å². The van der Waals surface area contributed by atoms with Crippen molar-refractivity contribution >= 4 is 17.9 Å². The molecular formula is C17H17FN4O2. The van der Waals surface area contributed by atoms with Crippen molar-refractivity contribution in [1.82, 2.24) is 15.2 Å². The Labute approximate surface area is 138 Å². The van der Waals surface area contributed by atoms with Crippen LogP contribution in [0.15, 0.2) is 36.5 Å². The van der Waals surface area contributed by atoms with Gasteiger partial charge in [0.1, 0.15) is 11.6 Å². The number of hydrogen-bond acceptors (Lipinski definition) is 5. The largest absolute Gasteiger partial charge is 0.478 e. The van der Waals surface area contributed by atoms with Crippen LogP contribution in [-0.2, 0) is 10.2 Å². The number of aliphatic carboxylic acids is 1. The minimum atomic E-state index is -1.04. The molecule has 24 heavy (non-hydrogen) atoms. The van der Waals surface area contributed by atoms with E-state index in [1.54, 1.807) is 24.4 Å². The van der Waals surface area contributed by atoms with Crippen molar-refractivity contribution in [2.24, 2.45) is 0 Å². The van der Waals surface area contributed by atoms with E-state index in [-0.39, 0.29) is 11.2 Å². The Bertz CT molecular complexity index is 757. The van der Waals surface area contributed by atoms with Crippen LogP contribution in [0.5, 0.6) is 0 Å². The highest BCUT2D eigenvalue weighted by Crippen LogP contribution is 2.43. The summed E-state index contributed by atoms with van der Waals surface area (Å²) in [6.45, 7) is 0.528. The highest BCUT2D eigenvalue weighted by molar-refractivity contribution is 5.84. The van der Waals surface area contributed by atoms with Gasteiger partial charge in [0.05, 0.1) is 11.4 Å². The maximum absolute atomic E-state index is 14.1. The lowest BCUT2D eigenvalue weighted by atomic mass is 9.66. The van der Waals surface area contributed by atoms with Crippen LogP contribution in [0.25, 0.3) is 6.08 Å². The zero-order chi connectivity index (χ0) is 17.0. The molecule has 6 nitrogen and oxygen atoms in total. The molecule has 2 heterocycles. The van der Waals surface area contributed by atoms with E-state index in [1.165, 1.54) is 12.1 Å². The molecule has 2 aromatic heterocycles. The number of carboxylic acid groups (broad SMARTS) is 1. The van der Waals surface area contributed by atoms with Crippen LogP contribution in [0, 0.1) is 5.82 Å². The number of nitrogens with zero attached hydrogens (tertiary/aromatic N) is 3. The Morgan fingerprint density at radius 2 is 2.17 bits per heavy atom. The molecule has 7 heteroatoms. The van der Waals surface area contributed by atoms with E-state index in [0.29, 0.717) is 23.8 Å². The number of hydrogen-bond donors (Lipinski definition) is 2. The molecule has 0 aliphatic heterocycles. The van der Waals surface area contributed by atoms with E-state index >= 15 is 0 Å². The summed E-state index contributed by atoms with van der Waals surface area (Å²) >= 11 is 0. The summed E-state index contributed by atoms with van der Waals surface area (Å²) in [4.78, 5) is 14.7. The van der Waals surface area contributed by atoms with E-state index < -0.39 is 5.97 Å². The third-order valence-electron chi connectivity index (χ3n) is 4.26. The quantitative estimate of drug-likeness (QED) is 0.793. The first kappa shape index (κ1) is 16.0. The minimum Gasteiger partial charge on any atom is -0.478 e. The minimum absolute atomic E-state index is 0.278. The number of aromatic nitrogens is 3. The van der Waals surface area contributed by atoms with Gasteiger partial charge in [-0.3, -0.25) is 4.98 Å². The molecule has 3 rings (SSSR count). The van der Waals surface area contributed by atoms with Gasteiger partial charge in [-0.2, -0.15) is 0 Å². The molecule has 1 fully saturated rings. The van der Waals surface area contributed by atoms with Crippen molar-refractivity contribution in [3.05, 3.63) is 53.7 Å². The van der Waals surface area contributed by atoms with Crippen molar-refractivity contribution in [3.8, 4) is 0 Å². The van der Waals surface area contributed by atoms with Crippen LogP contribution in [0.3, 0.4) is 0 Å². The van der Waals surface area contributed by atoms with Crippen molar-refractivity contribution in [1.29, 1.82) is 0 Å². The molecule has 124 valence electrons. The third kappa shape index (κ3) is 3.40. The molecule has 1 aliphatic carbocycles. The van der Waals surface area contributed by atoms with Crippen LogP contribution in [-0.4, -0.2) is 32.8 Å². The van der Waals surface area contributed by atoms with Crippen LogP contribution in [0.1, 0.15) is 30.7 Å². The van der Waals surface area contributed by atoms with Gasteiger partial charge in [0.15, 0.2) is 0 Å². The second kappa shape index (κ2) is 6.74. The molecule has 0 amide bonds. The SMILES string of the molecule is O=C(O)/C=C/c1ccc(NCC2(c3ncccc3F)CCC2)nn1. The molecule has 0 atom stereocenters. The van der Waals surface area contributed by atoms with Gasteiger partial charge in [-0.25, -0.2) is 9.18 Å². The van der Waals surface area contributed by atoms with Gasteiger partial charge in [0.2, 0.25) is 0 Å². The van der Waals surface area contributed by atoms with Gasteiger partial charge in [-0.05, 0) is 43.2 Å². The fourth-order valence-corrected chi connectivity index (χ4v) is 2.82. The monoisotopic (exact) mass is 328 g/mol. The van der Waals surface area contributed by atoms with E-state index in [0.717, 1.165) is 25.3 Å². The van der Waals surface area contributed by atoms with Crippen molar-refractivity contribution in [2.75, 3.05) is 11.9 Å². The number of nitrogens with one attached hydrogen (secondary N) is 1. The molecule has 2 N–H and O–H groups in total. The highest BCUT2D eigenvalue weighted by Gasteiger charge is 2.41. The normalized spacial score (nSPS) is 15.9. The summed E-state index contributed by atoms with van der Waals surface area (Å²) in [5, 5.41) is 19.7. The van der Waals surface area contributed by atoms with E-state index in [2.05, 4.69) is 20.5 Å². The number of rotatable bonds is 6. The molecule has 0 spiro atoms. The van der Waals surface area contributed by atoms with E-state index in [4.69, 9.17) is 5.11 Å². The Kier molecular flexibility index (Phi) is 4.50. The van der Waals surface area contributed by atoms with Gasteiger partial charge in [-0.15, -0.1) is 10.2 Å². The number of carbonyl (C=O) groups is 1. The standard InChI is InChI=1S/C17H17FN4O2/c18-13-3-1-10-19-16(13)17(8-2-9-17)11-20-14-6-4-12(21-22-14)5-7-15(23)24/h1,3-7,10H,2,8-9,11H2,(H,20,22)(H,23,24)/b7-5+. The van der Waals surface area contributed by atoms with Crippen molar-refractivity contribution in [2.45, 2.75) is 24.7 Å². The Hall–Kier alpha value is -2.83. The zero-order valence-electron chi connectivity index (χ0n) is 12.9. The zero-order valence-corrected chi connectivity index (χ0v) is 12.9. The summed E-state index contributed by atoms with van der Waals surface area (Å²) in [6.07, 6.45) is 6.78. The predicted octanol–water partition coefficient (Wildman–Crippen LogP) is 2.64. The van der Waals surface area contributed by atoms with Crippen LogP contribution >= 0.6 is 0 Å². The van der Waals surface area contributed by atoms with Gasteiger partial charge >= 0.3 is 5.97 Å². The first-order valence-corrected chi connectivity index (χ1v) is 7.69. The average molecular weight is 328 g/mol. The molecule has 2 aromatic rings. The first-order chi connectivity index (χ1) is 11.6. The molecule has 0 unspecified atom stereocenters. The molecular weight excluding hydrogens is 311 g/mol. The Balaban J connectivity index is 1.68. The summed E-state index contributed by atoms with van der Waals surface area (Å²) < 4.78 is 14.1. The van der Waals surface area contributed by atoms with Crippen LogP contribution < -0.4 is 5.32 Å². The second-order valence-electron chi connectivity index (χ2n) is 5.84. The molecule has 0 aromatic carbocycles. The van der Waals surface area contributed by atoms with Crippen molar-refractivity contribution < 1.29 is 14.3 Å². The average Bonchev–Trinajstić information content (AvgIpc) is 2.54. The van der Waals surface area contributed by atoms with E-state index in [9.17, 15) is 9.18 Å². The lowest BCUT2D eigenvalue weighted by Crippen LogP contribution is -2.42. The lowest BCUT2D eigenvalue weighted by molar-refractivity contribution is -0.131. The van der Waals surface area contributed by atoms with Gasteiger partial charge < -0.3 is 10.4 Å². The lowest BCUT2D eigenvalue weighted by Gasteiger charge is -2.41. The van der Waals surface area contributed by atoms with Crippen LogP contribution in [0.4, 0.5) is 10.2 Å².